The van der Waals surface area contributed by atoms with E-state index < -0.39 is 0 Å². The molecule has 0 aliphatic carbocycles. The Bertz CT molecular complexity index is 330. The van der Waals surface area contributed by atoms with Crippen LogP contribution in [-0.2, 0) is 13.0 Å². The Morgan fingerprint density at radius 1 is 1.57 bits per heavy atom. The molecule has 0 fully saturated rings. The maximum atomic E-state index is 4.55. The third kappa shape index (κ3) is 1.80. The fourth-order valence-electron chi connectivity index (χ4n) is 1.84. The lowest BCUT2D eigenvalue weighted by Gasteiger charge is -2.19. The summed E-state index contributed by atoms with van der Waals surface area (Å²) in [6, 6.07) is 0. The fourth-order valence-corrected chi connectivity index (χ4v) is 2.40. The van der Waals surface area contributed by atoms with Crippen LogP contribution >= 0.6 is 15.9 Å². The number of imidazole rings is 1. The predicted molar refractivity (Wildman–Crippen MR) is 61.6 cm³/mol. The molecule has 2 rings (SSSR count). The second-order valence-corrected chi connectivity index (χ2v) is 4.95. The first-order chi connectivity index (χ1) is 6.68. The molecule has 0 aromatic carbocycles. The molecule has 0 unspecified atom stereocenters. The monoisotopic (exact) mass is 257 g/mol. The molecule has 0 saturated heterocycles. The van der Waals surface area contributed by atoms with Gasteiger partial charge in [0.2, 0.25) is 0 Å². The van der Waals surface area contributed by atoms with Crippen LogP contribution in [0.15, 0.2) is 4.60 Å². The summed E-state index contributed by atoms with van der Waals surface area (Å²) in [6.45, 7) is 6.62. The van der Waals surface area contributed by atoms with Gasteiger partial charge in [-0.2, -0.15) is 0 Å². The van der Waals surface area contributed by atoms with Crippen LogP contribution in [-0.4, -0.2) is 16.1 Å². The number of fused-ring (bicyclic) bond motifs is 1. The molecule has 1 aromatic heterocycles. The van der Waals surface area contributed by atoms with Crippen LogP contribution in [0.2, 0.25) is 0 Å². The zero-order valence-electron chi connectivity index (χ0n) is 8.68. The summed E-state index contributed by atoms with van der Waals surface area (Å²) in [5.74, 6) is 3.02. The highest BCUT2D eigenvalue weighted by atomic mass is 79.9. The summed E-state index contributed by atoms with van der Waals surface area (Å²) < 4.78 is 3.26. The van der Waals surface area contributed by atoms with Crippen LogP contribution in [0.3, 0.4) is 0 Å². The summed E-state index contributed by atoms with van der Waals surface area (Å²) >= 11 is 3.50. The van der Waals surface area contributed by atoms with E-state index in [1.54, 1.807) is 0 Å². The number of hydrogen-bond acceptors (Lipinski definition) is 2. The van der Waals surface area contributed by atoms with Gasteiger partial charge in [-0.05, 0) is 28.3 Å². The molecule has 0 amide bonds. The summed E-state index contributed by atoms with van der Waals surface area (Å²) in [5, 5.41) is 3.38. The van der Waals surface area contributed by atoms with Crippen LogP contribution in [0.4, 0.5) is 5.82 Å². The largest absolute Gasteiger partial charge is 0.369 e. The highest BCUT2D eigenvalue weighted by molar-refractivity contribution is 9.10. The Kier molecular flexibility index (Phi) is 2.81. The van der Waals surface area contributed by atoms with Crippen molar-refractivity contribution < 1.29 is 0 Å². The van der Waals surface area contributed by atoms with Crippen molar-refractivity contribution in [2.24, 2.45) is 5.92 Å². The number of aromatic nitrogens is 2. The minimum Gasteiger partial charge on any atom is -0.369 e. The van der Waals surface area contributed by atoms with Crippen LogP contribution in [0.25, 0.3) is 0 Å². The average Bonchev–Trinajstić information content (AvgIpc) is 2.44. The van der Waals surface area contributed by atoms with Crippen molar-refractivity contribution in [2.45, 2.75) is 33.2 Å². The van der Waals surface area contributed by atoms with Gasteiger partial charge in [0.15, 0.2) is 0 Å². The van der Waals surface area contributed by atoms with E-state index in [0.717, 1.165) is 29.9 Å². The van der Waals surface area contributed by atoms with Gasteiger partial charge in [-0.3, -0.25) is 0 Å². The molecular formula is C10H16BrN3. The standard InChI is InChI=1S/C10H16BrN3/c1-7(2)6-8-13-9(11)10-12-4-3-5-14(8)10/h7,12H,3-6H2,1-2H3. The van der Waals surface area contributed by atoms with Crippen molar-refractivity contribution in [3.05, 3.63) is 10.4 Å². The Balaban J connectivity index is 2.31. The smallest absolute Gasteiger partial charge is 0.148 e. The van der Waals surface area contributed by atoms with Crippen molar-refractivity contribution in [1.82, 2.24) is 9.55 Å². The lowest BCUT2D eigenvalue weighted by Crippen LogP contribution is -2.19. The molecule has 2 heterocycles. The van der Waals surface area contributed by atoms with Gasteiger partial charge in [0.05, 0.1) is 0 Å². The van der Waals surface area contributed by atoms with E-state index in [1.165, 1.54) is 12.2 Å². The predicted octanol–water partition coefficient (Wildman–Crippen LogP) is 2.66. The Morgan fingerprint density at radius 2 is 2.36 bits per heavy atom. The zero-order chi connectivity index (χ0) is 10.1. The van der Waals surface area contributed by atoms with Crippen molar-refractivity contribution in [3.8, 4) is 0 Å². The SMILES string of the molecule is CC(C)Cc1nc(Br)c2n1CCCN2. The number of nitrogens with zero attached hydrogens (tertiary/aromatic N) is 2. The second kappa shape index (κ2) is 3.93. The van der Waals surface area contributed by atoms with Crippen LogP contribution < -0.4 is 5.32 Å². The molecule has 14 heavy (non-hydrogen) atoms. The normalized spacial score (nSPS) is 15.4. The first-order valence-electron chi connectivity index (χ1n) is 5.17. The third-order valence-electron chi connectivity index (χ3n) is 2.45. The van der Waals surface area contributed by atoms with Crippen molar-refractivity contribution >= 4 is 21.7 Å². The molecule has 0 bridgehead atoms. The van der Waals surface area contributed by atoms with Gasteiger partial charge in [0.25, 0.3) is 0 Å². The van der Waals surface area contributed by atoms with Gasteiger partial charge in [0.1, 0.15) is 16.2 Å². The van der Waals surface area contributed by atoms with E-state index in [1.807, 2.05) is 0 Å². The summed E-state index contributed by atoms with van der Waals surface area (Å²) in [6.07, 6.45) is 2.25. The molecule has 1 aromatic rings. The topological polar surface area (TPSA) is 29.9 Å². The lowest BCUT2D eigenvalue weighted by molar-refractivity contribution is 0.551. The Hall–Kier alpha value is -0.510. The van der Waals surface area contributed by atoms with Crippen molar-refractivity contribution in [1.29, 1.82) is 0 Å². The van der Waals surface area contributed by atoms with Crippen molar-refractivity contribution in [3.63, 3.8) is 0 Å². The molecule has 0 radical (unpaired) electrons. The van der Waals surface area contributed by atoms with Crippen LogP contribution in [0, 0.1) is 5.92 Å². The van der Waals surface area contributed by atoms with E-state index in [4.69, 9.17) is 0 Å². The maximum Gasteiger partial charge on any atom is 0.148 e. The van der Waals surface area contributed by atoms with Crippen LogP contribution in [0.5, 0.6) is 0 Å². The van der Waals surface area contributed by atoms with Gasteiger partial charge >= 0.3 is 0 Å². The first kappa shape index (κ1) is 10.0. The Labute approximate surface area is 93.0 Å². The third-order valence-corrected chi connectivity index (χ3v) is 3.00. The van der Waals surface area contributed by atoms with Gasteiger partial charge < -0.3 is 9.88 Å². The molecular weight excluding hydrogens is 242 g/mol. The minimum absolute atomic E-state index is 0.662. The van der Waals surface area contributed by atoms with Crippen LogP contribution in [0.1, 0.15) is 26.1 Å². The molecule has 1 N–H and O–H groups in total. The van der Waals surface area contributed by atoms with Gasteiger partial charge in [-0.15, -0.1) is 0 Å². The van der Waals surface area contributed by atoms with Crippen molar-refractivity contribution in [2.75, 3.05) is 11.9 Å². The van der Waals surface area contributed by atoms with E-state index >= 15 is 0 Å². The van der Waals surface area contributed by atoms with E-state index in [2.05, 4.69) is 44.6 Å². The summed E-state index contributed by atoms with van der Waals surface area (Å²) in [5.41, 5.74) is 0. The number of anilines is 1. The fraction of sp³-hybridized carbons (Fsp3) is 0.700. The molecule has 0 atom stereocenters. The van der Waals surface area contributed by atoms with Gasteiger partial charge in [-0.25, -0.2) is 4.98 Å². The maximum absolute atomic E-state index is 4.55. The minimum atomic E-state index is 0.662. The van der Waals surface area contributed by atoms with Gasteiger partial charge in [-0.1, -0.05) is 13.8 Å². The second-order valence-electron chi connectivity index (χ2n) is 4.20. The summed E-state index contributed by atoms with van der Waals surface area (Å²) in [7, 11) is 0. The number of halogens is 1. The molecule has 3 nitrogen and oxygen atoms in total. The van der Waals surface area contributed by atoms with Gasteiger partial charge in [0, 0.05) is 19.5 Å². The average molecular weight is 258 g/mol. The van der Waals surface area contributed by atoms with E-state index in [-0.39, 0.29) is 0 Å². The Morgan fingerprint density at radius 3 is 3.07 bits per heavy atom. The molecule has 1 aliphatic rings. The highest BCUT2D eigenvalue weighted by Gasteiger charge is 2.18. The number of rotatable bonds is 2. The molecule has 78 valence electrons. The molecule has 1 aliphatic heterocycles. The quantitative estimate of drug-likeness (QED) is 0.883. The molecule has 0 spiro atoms. The number of nitrogens with one attached hydrogen (secondary N) is 1. The number of hydrogen-bond donors (Lipinski definition) is 1. The molecule has 0 saturated carbocycles. The lowest BCUT2D eigenvalue weighted by atomic mass is 10.1. The van der Waals surface area contributed by atoms with E-state index in [0.29, 0.717) is 5.92 Å². The molecule has 4 heteroatoms. The first-order valence-corrected chi connectivity index (χ1v) is 5.96. The van der Waals surface area contributed by atoms with E-state index in [9.17, 15) is 0 Å². The summed E-state index contributed by atoms with van der Waals surface area (Å²) in [4.78, 5) is 4.55. The highest BCUT2D eigenvalue weighted by Crippen LogP contribution is 2.27. The zero-order valence-corrected chi connectivity index (χ0v) is 10.3.